The number of nitrogens with one attached hydrogen (secondary N) is 1. The first-order chi connectivity index (χ1) is 9.02. The molecule has 98 valence electrons. The van der Waals surface area contributed by atoms with Gasteiger partial charge in [0.2, 0.25) is 11.9 Å². The number of rotatable bonds is 3. The van der Waals surface area contributed by atoms with Crippen molar-refractivity contribution in [2.24, 2.45) is 7.05 Å². The van der Waals surface area contributed by atoms with Gasteiger partial charge in [0.15, 0.2) is 5.82 Å². The lowest BCUT2D eigenvalue weighted by Crippen LogP contribution is -2.11. The number of amides is 1. The quantitative estimate of drug-likeness (QED) is 0.861. The summed E-state index contributed by atoms with van der Waals surface area (Å²) < 4.78 is 28.4. The summed E-state index contributed by atoms with van der Waals surface area (Å²) in [6.45, 7) is 3.29. The first-order valence-electron chi connectivity index (χ1n) is 5.31. The second-order valence-corrected chi connectivity index (χ2v) is 3.67. The van der Waals surface area contributed by atoms with Crippen molar-refractivity contribution in [2.75, 3.05) is 5.32 Å². The minimum absolute atomic E-state index is 0.0718. The van der Waals surface area contributed by atoms with Crippen LogP contribution in [0.1, 0.15) is 0 Å². The normalized spacial score (nSPS) is 10.3. The number of benzene rings is 1. The molecule has 1 N–H and O–H groups in total. The predicted molar refractivity (Wildman–Crippen MR) is 65.2 cm³/mol. The Hall–Kier alpha value is -2.57. The molecule has 0 radical (unpaired) electrons. The number of hydrogen-bond donors (Lipinski definition) is 1. The molecule has 0 aliphatic carbocycles. The van der Waals surface area contributed by atoms with Gasteiger partial charge >= 0.3 is 0 Å². The van der Waals surface area contributed by atoms with Crippen LogP contribution in [-0.2, 0) is 11.8 Å². The van der Waals surface area contributed by atoms with Crippen LogP contribution in [0.2, 0.25) is 0 Å². The fraction of sp³-hybridized carbons (Fsp3) is 0.0833. The van der Waals surface area contributed by atoms with Crippen molar-refractivity contribution in [3.05, 3.63) is 42.5 Å². The molecule has 0 atom stereocenters. The maximum atomic E-state index is 13.6. The van der Waals surface area contributed by atoms with Gasteiger partial charge < -0.3 is 0 Å². The Bertz CT molecular complexity index is 631. The molecular weight excluding hydrogens is 254 g/mol. The van der Waals surface area contributed by atoms with E-state index in [1.165, 1.54) is 17.8 Å². The van der Waals surface area contributed by atoms with Crippen LogP contribution in [0.5, 0.6) is 0 Å². The summed E-state index contributed by atoms with van der Waals surface area (Å²) >= 11 is 0. The first-order valence-corrected chi connectivity index (χ1v) is 5.31. The second-order valence-electron chi connectivity index (χ2n) is 3.67. The Morgan fingerprint density at radius 2 is 2.05 bits per heavy atom. The SMILES string of the molecule is C=CC(=O)Nc1nc(-c2c(F)cccc2F)nn1C. The lowest BCUT2D eigenvalue weighted by atomic mass is 10.2. The van der Waals surface area contributed by atoms with Crippen LogP contribution in [0.25, 0.3) is 11.4 Å². The summed E-state index contributed by atoms with van der Waals surface area (Å²) in [4.78, 5) is 15.0. The maximum absolute atomic E-state index is 13.6. The number of carbonyl (C=O) groups excluding carboxylic acids is 1. The van der Waals surface area contributed by atoms with Crippen molar-refractivity contribution in [1.29, 1.82) is 0 Å². The maximum Gasteiger partial charge on any atom is 0.250 e. The molecule has 1 heterocycles. The fourth-order valence-corrected chi connectivity index (χ4v) is 1.47. The molecule has 19 heavy (non-hydrogen) atoms. The van der Waals surface area contributed by atoms with Crippen molar-refractivity contribution in [2.45, 2.75) is 0 Å². The minimum atomic E-state index is -0.771. The smallest absolute Gasteiger partial charge is 0.250 e. The molecule has 2 rings (SSSR count). The molecule has 7 heteroatoms. The zero-order valence-corrected chi connectivity index (χ0v) is 10.0. The Morgan fingerprint density at radius 3 is 2.63 bits per heavy atom. The van der Waals surface area contributed by atoms with Gasteiger partial charge in [-0.05, 0) is 18.2 Å². The van der Waals surface area contributed by atoms with E-state index in [1.54, 1.807) is 0 Å². The lowest BCUT2D eigenvalue weighted by Gasteiger charge is -1.98. The highest BCUT2D eigenvalue weighted by Gasteiger charge is 2.17. The van der Waals surface area contributed by atoms with E-state index in [1.807, 2.05) is 0 Å². The molecule has 1 aromatic heterocycles. The average molecular weight is 264 g/mol. The van der Waals surface area contributed by atoms with Crippen LogP contribution in [0.4, 0.5) is 14.7 Å². The highest BCUT2D eigenvalue weighted by molar-refractivity contribution is 5.97. The molecule has 0 spiro atoms. The summed E-state index contributed by atoms with van der Waals surface area (Å²) in [7, 11) is 1.49. The van der Waals surface area contributed by atoms with Crippen LogP contribution in [-0.4, -0.2) is 20.7 Å². The molecule has 0 aliphatic rings. The number of aryl methyl sites for hydroxylation is 1. The summed E-state index contributed by atoms with van der Waals surface area (Å²) in [5.74, 6) is -2.10. The van der Waals surface area contributed by atoms with Gasteiger partial charge in [-0.3, -0.25) is 10.1 Å². The molecule has 1 aromatic carbocycles. The summed E-state index contributed by atoms with van der Waals surface area (Å²) in [5.41, 5.74) is -0.336. The number of hydrogen-bond acceptors (Lipinski definition) is 3. The van der Waals surface area contributed by atoms with Crippen molar-refractivity contribution in [1.82, 2.24) is 14.8 Å². The third-order valence-electron chi connectivity index (χ3n) is 2.37. The Labute approximate surface area is 107 Å². The van der Waals surface area contributed by atoms with Crippen molar-refractivity contribution in [3.63, 3.8) is 0 Å². The molecule has 0 fully saturated rings. The first kappa shape index (κ1) is 12.9. The van der Waals surface area contributed by atoms with E-state index < -0.39 is 17.5 Å². The summed E-state index contributed by atoms with van der Waals surface area (Å²) in [6, 6.07) is 3.46. The number of anilines is 1. The Balaban J connectivity index is 2.45. The zero-order valence-electron chi connectivity index (χ0n) is 10.0. The van der Waals surface area contributed by atoms with Crippen molar-refractivity contribution in [3.8, 4) is 11.4 Å². The van der Waals surface area contributed by atoms with Crippen LogP contribution >= 0.6 is 0 Å². The predicted octanol–water partition coefficient (Wildman–Crippen LogP) is 1.88. The van der Waals surface area contributed by atoms with Gasteiger partial charge in [-0.15, -0.1) is 5.10 Å². The van der Waals surface area contributed by atoms with E-state index in [2.05, 4.69) is 22.0 Å². The van der Waals surface area contributed by atoms with E-state index in [0.717, 1.165) is 18.2 Å². The summed E-state index contributed by atoms with van der Waals surface area (Å²) in [5, 5.41) is 6.24. The standard InChI is InChI=1S/C12H10F2N4O/c1-3-9(19)15-12-16-11(17-18(12)2)10-7(13)5-4-6-8(10)14/h3-6H,1H2,2H3,(H,15,16,17,19). The van der Waals surface area contributed by atoms with Gasteiger partial charge in [-0.1, -0.05) is 12.6 Å². The van der Waals surface area contributed by atoms with Crippen LogP contribution in [0.3, 0.4) is 0 Å². The van der Waals surface area contributed by atoms with E-state index >= 15 is 0 Å². The average Bonchev–Trinajstić information content (AvgIpc) is 2.70. The molecule has 1 amide bonds. The topological polar surface area (TPSA) is 59.8 Å². The monoisotopic (exact) mass is 264 g/mol. The molecule has 0 saturated carbocycles. The third kappa shape index (κ3) is 2.49. The minimum Gasteiger partial charge on any atom is -0.291 e. The fourth-order valence-electron chi connectivity index (χ4n) is 1.47. The molecule has 0 bridgehead atoms. The van der Waals surface area contributed by atoms with E-state index in [9.17, 15) is 13.6 Å². The molecule has 5 nitrogen and oxygen atoms in total. The van der Waals surface area contributed by atoms with Gasteiger partial charge in [0.25, 0.3) is 0 Å². The summed E-state index contributed by atoms with van der Waals surface area (Å²) in [6.07, 6.45) is 1.05. The van der Waals surface area contributed by atoms with Crippen molar-refractivity contribution < 1.29 is 13.6 Å². The molecule has 0 saturated heterocycles. The Morgan fingerprint density at radius 1 is 1.42 bits per heavy atom. The zero-order chi connectivity index (χ0) is 14.0. The highest BCUT2D eigenvalue weighted by Crippen LogP contribution is 2.23. The van der Waals surface area contributed by atoms with Gasteiger partial charge in [0.05, 0.1) is 5.56 Å². The van der Waals surface area contributed by atoms with Crippen LogP contribution in [0, 0.1) is 11.6 Å². The molecule has 0 unspecified atom stereocenters. The Kier molecular flexibility index (Phi) is 3.37. The van der Waals surface area contributed by atoms with Gasteiger partial charge in [-0.2, -0.15) is 4.98 Å². The molecule has 2 aromatic rings. The van der Waals surface area contributed by atoms with Crippen molar-refractivity contribution >= 4 is 11.9 Å². The second kappa shape index (κ2) is 4.97. The number of aromatic nitrogens is 3. The highest BCUT2D eigenvalue weighted by atomic mass is 19.1. The van der Waals surface area contributed by atoms with Gasteiger partial charge in [0.1, 0.15) is 11.6 Å². The van der Waals surface area contributed by atoms with E-state index in [4.69, 9.17) is 0 Å². The van der Waals surface area contributed by atoms with Crippen LogP contribution in [0.15, 0.2) is 30.9 Å². The molecule has 0 aliphatic heterocycles. The van der Waals surface area contributed by atoms with E-state index in [-0.39, 0.29) is 17.3 Å². The van der Waals surface area contributed by atoms with E-state index in [0.29, 0.717) is 0 Å². The number of nitrogens with zero attached hydrogens (tertiary/aromatic N) is 3. The number of halogens is 2. The van der Waals surface area contributed by atoms with Gasteiger partial charge in [0, 0.05) is 7.05 Å². The van der Waals surface area contributed by atoms with Gasteiger partial charge in [-0.25, -0.2) is 13.5 Å². The van der Waals surface area contributed by atoms with Crippen LogP contribution < -0.4 is 5.32 Å². The lowest BCUT2D eigenvalue weighted by molar-refractivity contribution is -0.111. The largest absolute Gasteiger partial charge is 0.291 e. The third-order valence-corrected chi connectivity index (χ3v) is 2.37. The molecular formula is C12H10F2N4O. The number of carbonyl (C=O) groups is 1.